The Labute approximate surface area is 160 Å². The van der Waals surface area contributed by atoms with Crippen molar-refractivity contribution in [3.05, 3.63) is 35.4 Å². The standard InChI is InChI=1S/C19H27N3O4S/c1-14-4-2-5-15(10-14)12-22-8-3-6-17(22)19(24)20-11-18(23)21-16-7-9-27(25,26)13-16/h2,4-5,10,16-17H,3,6-9,11-13H2,1H3,(H,20,24)(H,21,23). The number of sulfone groups is 1. The molecule has 2 N–H and O–H groups in total. The third-order valence-electron chi connectivity index (χ3n) is 5.16. The summed E-state index contributed by atoms with van der Waals surface area (Å²) in [5, 5.41) is 5.40. The van der Waals surface area contributed by atoms with Crippen LogP contribution in [0.3, 0.4) is 0 Å². The first-order valence-electron chi connectivity index (χ1n) is 9.39. The number of amides is 2. The molecule has 0 aromatic heterocycles. The van der Waals surface area contributed by atoms with Crippen LogP contribution in [-0.2, 0) is 26.0 Å². The summed E-state index contributed by atoms with van der Waals surface area (Å²) in [5.74, 6) is -0.386. The monoisotopic (exact) mass is 393 g/mol. The molecule has 1 aromatic rings. The molecule has 2 unspecified atom stereocenters. The van der Waals surface area contributed by atoms with Gasteiger partial charge in [0.05, 0.1) is 24.1 Å². The number of hydrogen-bond donors (Lipinski definition) is 2. The Morgan fingerprint density at radius 2 is 2.07 bits per heavy atom. The second kappa shape index (κ2) is 8.39. The number of rotatable bonds is 6. The van der Waals surface area contributed by atoms with E-state index in [1.807, 2.05) is 19.1 Å². The highest BCUT2D eigenvalue weighted by molar-refractivity contribution is 7.91. The van der Waals surface area contributed by atoms with E-state index in [4.69, 9.17) is 0 Å². The summed E-state index contributed by atoms with van der Waals surface area (Å²) >= 11 is 0. The Morgan fingerprint density at radius 3 is 2.78 bits per heavy atom. The maximum atomic E-state index is 12.5. The van der Waals surface area contributed by atoms with Crippen molar-refractivity contribution in [2.75, 3.05) is 24.6 Å². The van der Waals surface area contributed by atoms with Crippen LogP contribution in [0.25, 0.3) is 0 Å². The highest BCUT2D eigenvalue weighted by Crippen LogP contribution is 2.20. The molecule has 0 bridgehead atoms. The fourth-order valence-corrected chi connectivity index (χ4v) is 5.50. The van der Waals surface area contributed by atoms with Gasteiger partial charge in [-0.1, -0.05) is 29.8 Å². The third-order valence-corrected chi connectivity index (χ3v) is 6.92. The van der Waals surface area contributed by atoms with Gasteiger partial charge in [0, 0.05) is 12.6 Å². The fraction of sp³-hybridized carbons (Fsp3) is 0.579. The number of benzene rings is 1. The van der Waals surface area contributed by atoms with Crippen LogP contribution in [0, 0.1) is 6.92 Å². The van der Waals surface area contributed by atoms with Crippen molar-refractivity contribution in [1.29, 1.82) is 0 Å². The summed E-state index contributed by atoms with van der Waals surface area (Å²) in [6.07, 6.45) is 2.17. The molecule has 3 rings (SSSR count). The van der Waals surface area contributed by atoms with Crippen LogP contribution in [-0.4, -0.2) is 61.8 Å². The van der Waals surface area contributed by atoms with E-state index in [0.717, 1.165) is 19.4 Å². The number of carbonyl (C=O) groups is 2. The van der Waals surface area contributed by atoms with Crippen LogP contribution in [0.4, 0.5) is 0 Å². The molecule has 1 aromatic carbocycles. The lowest BCUT2D eigenvalue weighted by Gasteiger charge is -2.24. The molecule has 2 amide bonds. The summed E-state index contributed by atoms with van der Waals surface area (Å²) in [5.41, 5.74) is 2.37. The summed E-state index contributed by atoms with van der Waals surface area (Å²) in [4.78, 5) is 26.7. The number of nitrogens with zero attached hydrogens (tertiary/aromatic N) is 1. The molecule has 148 valence electrons. The van der Waals surface area contributed by atoms with Gasteiger partial charge in [0.15, 0.2) is 9.84 Å². The van der Waals surface area contributed by atoms with Crippen molar-refractivity contribution in [2.24, 2.45) is 0 Å². The van der Waals surface area contributed by atoms with Crippen LogP contribution in [0.2, 0.25) is 0 Å². The van der Waals surface area contributed by atoms with Gasteiger partial charge in [0.2, 0.25) is 11.8 Å². The summed E-state index contributed by atoms with van der Waals surface area (Å²) in [7, 11) is -3.03. The largest absolute Gasteiger partial charge is 0.351 e. The van der Waals surface area contributed by atoms with Crippen molar-refractivity contribution >= 4 is 21.7 Å². The zero-order valence-corrected chi connectivity index (χ0v) is 16.4. The Kier molecular flexibility index (Phi) is 6.16. The lowest BCUT2D eigenvalue weighted by molar-refractivity contribution is -0.129. The van der Waals surface area contributed by atoms with E-state index in [2.05, 4.69) is 27.7 Å². The van der Waals surface area contributed by atoms with Crippen LogP contribution < -0.4 is 10.6 Å². The first-order chi connectivity index (χ1) is 12.8. The van der Waals surface area contributed by atoms with Gasteiger partial charge in [-0.2, -0.15) is 0 Å². The van der Waals surface area contributed by atoms with E-state index in [-0.39, 0.29) is 41.9 Å². The number of likely N-dealkylation sites (tertiary alicyclic amines) is 1. The predicted octanol–water partition coefficient (Wildman–Crippen LogP) is 0.379. The van der Waals surface area contributed by atoms with Gasteiger partial charge in [-0.05, 0) is 38.3 Å². The molecular weight excluding hydrogens is 366 g/mol. The van der Waals surface area contributed by atoms with Crippen LogP contribution >= 0.6 is 0 Å². The van der Waals surface area contributed by atoms with Gasteiger partial charge in [0.25, 0.3) is 0 Å². The van der Waals surface area contributed by atoms with E-state index < -0.39 is 9.84 Å². The maximum Gasteiger partial charge on any atom is 0.239 e. The van der Waals surface area contributed by atoms with E-state index in [0.29, 0.717) is 13.0 Å². The van der Waals surface area contributed by atoms with Crippen molar-refractivity contribution in [3.8, 4) is 0 Å². The molecule has 0 saturated carbocycles. The molecule has 2 aliphatic heterocycles. The molecule has 7 nitrogen and oxygen atoms in total. The minimum atomic E-state index is -3.03. The van der Waals surface area contributed by atoms with E-state index in [1.165, 1.54) is 11.1 Å². The molecule has 0 spiro atoms. The second-order valence-electron chi connectivity index (χ2n) is 7.50. The van der Waals surface area contributed by atoms with Gasteiger partial charge in [-0.3, -0.25) is 14.5 Å². The summed E-state index contributed by atoms with van der Waals surface area (Å²) < 4.78 is 22.9. The number of aryl methyl sites for hydroxylation is 1. The Balaban J connectivity index is 1.47. The Bertz CT molecular complexity index is 809. The normalized spacial score (nSPS) is 24.6. The molecule has 2 aliphatic rings. The van der Waals surface area contributed by atoms with Gasteiger partial charge >= 0.3 is 0 Å². The quantitative estimate of drug-likeness (QED) is 0.729. The lowest BCUT2D eigenvalue weighted by atomic mass is 10.1. The summed E-state index contributed by atoms with van der Waals surface area (Å²) in [6.45, 7) is 3.50. The SMILES string of the molecule is Cc1cccc(CN2CCCC2C(=O)NCC(=O)NC2CCS(=O)(=O)C2)c1. The molecule has 2 atom stereocenters. The molecule has 2 saturated heterocycles. The summed E-state index contributed by atoms with van der Waals surface area (Å²) in [6, 6.07) is 7.67. The Morgan fingerprint density at radius 1 is 1.26 bits per heavy atom. The van der Waals surface area contributed by atoms with Crippen LogP contribution in [0.15, 0.2) is 24.3 Å². The Hall–Kier alpha value is -1.93. The van der Waals surface area contributed by atoms with Crippen molar-refractivity contribution in [3.63, 3.8) is 0 Å². The topological polar surface area (TPSA) is 95.6 Å². The highest BCUT2D eigenvalue weighted by atomic mass is 32.2. The van der Waals surface area contributed by atoms with E-state index >= 15 is 0 Å². The van der Waals surface area contributed by atoms with Crippen molar-refractivity contribution in [2.45, 2.75) is 44.8 Å². The number of carbonyl (C=O) groups excluding carboxylic acids is 2. The zero-order chi connectivity index (χ0) is 19.4. The third kappa shape index (κ3) is 5.52. The fourth-order valence-electron chi connectivity index (χ4n) is 3.83. The van der Waals surface area contributed by atoms with Gasteiger partial charge < -0.3 is 10.6 Å². The number of nitrogens with one attached hydrogen (secondary N) is 2. The predicted molar refractivity (Wildman–Crippen MR) is 103 cm³/mol. The van der Waals surface area contributed by atoms with Crippen LogP contribution in [0.1, 0.15) is 30.4 Å². The molecular formula is C19H27N3O4S. The molecule has 27 heavy (non-hydrogen) atoms. The average molecular weight is 394 g/mol. The van der Waals surface area contributed by atoms with Crippen molar-refractivity contribution < 1.29 is 18.0 Å². The zero-order valence-electron chi connectivity index (χ0n) is 15.6. The highest BCUT2D eigenvalue weighted by Gasteiger charge is 2.32. The van der Waals surface area contributed by atoms with Crippen molar-refractivity contribution in [1.82, 2.24) is 15.5 Å². The smallest absolute Gasteiger partial charge is 0.239 e. The van der Waals surface area contributed by atoms with Crippen LogP contribution in [0.5, 0.6) is 0 Å². The molecule has 2 fully saturated rings. The molecule has 0 radical (unpaired) electrons. The van der Waals surface area contributed by atoms with E-state index in [1.54, 1.807) is 0 Å². The second-order valence-corrected chi connectivity index (χ2v) is 9.73. The molecule has 2 heterocycles. The minimum absolute atomic E-state index is 0.0143. The minimum Gasteiger partial charge on any atom is -0.351 e. The maximum absolute atomic E-state index is 12.5. The van der Waals surface area contributed by atoms with Gasteiger partial charge in [-0.25, -0.2) is 8.42 Å². The van der Waals surface area contributed by atoms with Gasteiger partial charge in [-0.15, -0.1) is 0 Å². The first kappa shape index (κ1) is 19.8. The average Bonchev–Trinajstić information content (AvgIpc) is 3.19. The lowest BCUT2D eigenvalue weighted by Crippen LogP contribution is -2.47. The first-order valence-corrected chi connectivity index (χ1v) is 11.2. The molecule has 8 heteroatoms. The number of hydrogen-bond acceptors (Lipinski definition) is 5. The van der Waals surface area contributed by atoms with E-state index in [9.17, 15) is 18.0 Å². The molecule has 0 aliphatic carbocycles. The van der Waals surface area contributed by atoms with Gasteiger partial charge in [0.1, 0.15) is 0 Å².